The molecule has 7 heteroatoms. The number of phenolic OH excluding ortho intramolecular Hbond substituents is 1. The highest BCUT2D eigenvalue weighted by Gasteiger charge is 2.18. The molecule has 0 spiro atoms. The van der Waals surface area contributed by atoms with Gasteiger partial charge in [-0.2, -0.15) is 0 Å². The largest absolute Gasteiger partial charge is 0.508 e. The quantitative estimate of drug-likeness (QED) is 0.466. The number of aldehydes is 1. The minimum absolute atomic E-state index is 0.0122. The zero-order valence-corrected chi connectivity index (χ0v) is 11.5. The average molecular weight is 293 g/mol. The number of phenols is 1. The monoisotopic (exact) mass is 293 g/mol. The van der Waals surface area contributed by atoms with Gasteiger partial charge in [0.25, 0.3) is 0 Å². The predicted octanol–water partition coefficient (Wildman–Crippen LogP) is -0.789. The fourth-order valence-corrected chi connectivity index (χ4v) is 1.74. The van der Waals surface area contributed by atoms with E-state index in [1.165, 1.54) is 12.1 Å². The van der Waals surface area contributed by atoms with E-state index in [-0.39, 0.29) is 25.0 Å². The second-order valence-corrected chi connectivity index (χ2v) is 4.73. The number of aromatic hydroxyl groups is 1. The van der Waals surface area contributed by atoms with Gasteiger partial charge in [-0.15, -0.1) is 0 Å². The molecule has 1 aromatic rings. The summed E-state index contributed by atoms with van der Waals surface area (Å²) < 4.78 is 0. The van der Waals surface area contributed by atoms with Crippen LogP contribution >= 0.6 is 0 Å². The Morgan fingerprint density at radius 1 is 1.29 bits per heavy atom. The average Bonchev–Trinajstić information content (AvgIpc) is 2.46. The number of nitrogens with two attached hydrogens (primary N) is 2. The van der Waals surface area contributed by atoms with E-state index in [0.29, 0.717) is 6.29 Å². The second-order valence-electron chi connectivity index (χ2n) is 4.73. The Bertz CT molecular complexity index is 501. The van der Waals surface area contributed by atoms with Gasteiger partial charge in [-0.25, -0.2) is 0 Å². The number of carbonyl (C=O) groups excluding carboxylic acids is 3. The van der Waals surface area contributed by atoms with Crippen LogP contribution in [0.5, 0.6) is 5.75 Å². The number of hydrogen-bond acceptors (Lipinski definition) is 5. The van der Waals surface area contributed by atoms with E-state index < -0.39 is 23.9 Å². The molecule has 0 unspecified atom stereocenters. The van der Waals surface area contributed by atoms with E-state index >= 15 is 0 Å². The summed E-state index contributed by atoms with van der Waals surface area (Å²) >= 11 is 0. The van der Waals surface area contributed by atoms with Gasteiger partial charge in [-0.1, -0.05) is 12.1 Å². The van der Waals surface area contributed by atoms with Gasteiger partial charge in [0.15, 0.2) is 0 Å². The Morgan fingerprint density at radius 2 is 1.90 bits per heavy atom. The Hall–Kier alpha value is -2.41. The van der Waals surface area contributed by atoms with Crippen molar-refractivity contribution in [3.8, 4) is 5.75 Å². The first-order chi connectivity index (χ1) is 9.92. The molecule has 7 nitrogen and oxygen atoms in total. The minimum Gasteiger partial charge on any atom is -0.508 e. The highest BCUT2D eigenvalue weighted by Crippen LogP contribution is 2.11. The maximum absolute atomic E-state index is 11.8. The molecule has 114 valence electrons. The van der Waals surface area contributed by atoms with Crippen LogP contribution in [0.3, 0.4) is 0 Å². The van der Waals surface area contributed by atoms with Crippen molar-refractivity contribution in [1.29, 1.82) is 0 Å². The lowest BCUT2D eigenvalue weighted by Crippen LogP contribution is -2.47. The fraction of sp³-hybridized carbons (Fsp3) is 0.357. The van der Waals surface area contributed by atoms with Crippen molar-refractivity contribution in [2.75, 3.05) is 0 Å². The van der Waals surface area contributed by atoms with E-state index in [1.54, 1.807) is 12.1 Å². The van der Waals surface area contributed by atoms with Crippen LogP contribution in [0, 0.1) is 0 Å². The number of hydrogen-bond donors (Lipinski definition) is 4. The second kappa shape index (κ2) is 8.01. The molecule has 21 heavy (non-hydrogen) atoms. The van der Waals surface area contributed by atoms with Gasteiger partial charge in [0.1, 0.15) is 12.0 Å². The first-order valence-corrected chi connectivity index (χ1v) is 6.50. The zero-order chi connectivity index (χ0) is 15.8. The van der Waals surface area contributed by atoms with Crippen LogP contribution < -0.4 is 16.8 Å². The van der Waals surface area contributed by atoms with Crippen molar-refractivity contribution in [1.82, 2.24) is 5.32 Å². The molecule has 0 aliphatic rings. The lowest BCUT2D eigenvalue weighted by Gasteiger charge is -2.16. The highest BCUT2D eigenvalue weighted by molar-refractivity contribution is 5.85. The molecule has 2 atom stereocenters. The van der Waals surface area contributed by atoms with E-state index in [9.17, 15) is 19.5 Å². The molecular weight excluding hydrogens is 274 g/mol. The molecule has 0 bridgehead atoms. The molecule has 2 amide bonds. The lowest BCUT2D eigenvalue weighted by atomic mass is 10.1. The van der Waals surface area contributed by atoms with Crippen LogP contribution in [-0.4, -0.2) is 35.3 Å². The Balaban J connectivity index is 2.52. The van der Waals surface area contributed by atoms with Crippen molar-refractivity contribution in [3.05, 3.63) is 29.8 Å². The molecule has 1 rings (SSSR count). The van der Waals surface area contributed by atoms with Gasteiger partial charge in [0.05, 0.1) is 12.1 Å². The summed E-state index contributed by atoms with van der Waals surface area (Å²) in [5.74, 6) is -0.916. The molecule has 0 heterocycles. The Morgan fingerprint density at radius 3 is 2.43 bits per heavy atom. The number of nitrogens with one attached hydrogen (secondary N) is 1. The third-order valence-electron chi connectivity index (χ3n) is 2.92. The minimum atomic E-state index is -0.889. The number of carbonyl (C=O) groups is 3. The summed E-state index contributed by atoms with van der Waals surface area (Å²) in [6.45, 7) is 0. The third kappa shape index (κ3) is 6.05. The zero-order valence-electron chi connectivity index (χ0n) is 11.5. The summed E-state index contributed by atoms with van der Waals surface area (Å²) in [5.41, 5.74) is 11.4. The topological polar surface area (TPSA) is 136 Å². The molecule has 0 aromatic heterocycles. The number of rotatable bonds is 8. The summed E-state index contributed by atoms with van der Waals surface area (Å²) in [7, 11) is 0. The SMILES string of the molecule is NC(=O)CC[C@H](N)C(=O)N[C@H](C=O)Cc1ccc(O)cc1. The van der Waals surface area contributed by atoms with Crippen molar-refractivity contribution in [2.24, 2.45) is 11.5 Å². The van der Waals surface area contributed by atoms with Crippen molar-refractivity contribution < 1.29 is 19.5 Å². The summed E-state index contributed by atoms with van der Waals surface area (Å²) in [6, 6.07) is 4.70. The maximum atomic E-state index is 11.8. The van der Waals surface area contributed by atoms with Crippen LogP contribution in [0.1, 0.15) is 18.4 Å². The molecule has 1 aromatic carbocycles. The van der Waals surface area contributed by atoms with E-state index in [2.05, 4.69) is 5.32 Å². The third-order valence-corrected chi connectivity index (χ3v) is 2.92. The van der Waals surface area contributed by atoms with Crippen molar-refractivity contribution >= 4 is 18.1 Å². The standard InChI is InChI=1S/C14H19N3O4/c15-12(5-6-13(16)20)14(21)17-10(8-18)7-9-1-3-11(19)4-2-9/h1-4,8,10,12,19H,5-7,15H2,(H2,16,20)(H,17,21)/t10-,12-/m0/s1. The van der Waals surface area contributed by atoms with Gasteiger partial charge in [0.2, 0.25) is 11.8 Å². The summed E-state index contributed by atoms with van der Waals surface area (Å²) in [4.78, 5) is 33.4. The van der Waals surface area contributed by atoms with Crippen molar-refractivity contribution in [2.45, 2.75) is 31.3 Å². The van der Waals surface area contributed by atoms with Gasteiger partial charge >= 0.3 is 0 Å². The summed E-state index contributed by atoms with van der Waals surface area (Å²) in [6.07, 6.45) is 1.05. The molecule has 6 N–H and O–H groups in total. The van der Waals surface area contributed by atoms with Crippen LogP contribution in [0.4, 0.5) is 0 Å². The molecule has 0 aliphatic heterocycles. The van der Waals surface area contributed by atoms with E-state index in [0.717, 1.165) is 5.56 Å². The van der Waals surface area contributed by atoms with Crippen LogP contribution in [0.2, 0.25) is 0 Å². The maximum Gasteiger partial charge on any atom is 0.237 e. The van der Waals surface area contributed by atoms with Gasteiger partial charge < -0.3 is 26.7 Å². The molecule has 0 saturated heterocycles. The normalized spacial score (nSPS) is 13.2. The molecule has 0 aliphatic carbocycles. The molecular formula is C14H19N3O4. The number of benzene rings is 1. The number of primary amides is 1. The Labute approximate surface area is 122 Å². The number of amides is 2. The van der Waals surface area contributed by atoms with Crippen LogP contribution in [-0.2, 0) is 20.8 Å². The van der Waals surface area contributed by atoms with Gasteiger partial charge in [0, 0.05) is 6.42 Å². The molecule has 0 radical (unpaired) electrons. The Kier molecular flexibility index (Phi) is 6.35. The first-order valence-electron chi connectivity index (χ1n) is 6.50. The van der Waals surface area contributed by atoms with Crippen molar-refractivity contribution in [3.63, 3.8) is 0 Å². The van der Waals surface area contributed by atoms with Crippen LogP contribution in [0.15, 0.2) is 24.3 Å². The van der Waals surface area contributed by atoms with E-state index in [4.69, 9.17) is 11.5 Å². The first kappa shape index (κ1) is 16.6. The van der Waals surface area contributed by atoms with Gasteiger partial charge in [-0.05, 0) is 30.5 Å². The van der Waals surface area contributed by atoms with E-state index in [1.807, 2.05) is 0 Å². The van der Waals surface area contributed by atoms with Crippen LogP contribution in [0.25, 0.3) is 0 Å². The molecule has 0 fully saturated rings. The van der Waals surface area contributed by atoms with Gasteiger partial charge in [-0.3, -0.25) is 9.59 Å². The smallest absolute Gasteiger partial charge is 0.237 e. The predicted molar refractivity (Wildman–Crippen MR) is 76.2 cm³/mol. The summed E-state index contributed by atoms with van der Waals surface area (Å²) in [5, 5.41) is 11.7. The lowest BCUT2D eigenvalue weighted by molar-refractivity contribution is -0.125. The molecule has 0 saturated carbocycles. The fourth-order valence-electron chi connectivity index (χ4n) is 1.74. The highest BCUT2D eigenvalue weighted by atomic mass is 16.3.